The van der Waals surface area contributed by atoms with Crippen molar-refractivity contribution in [1.82, 2.24) is 15.0 Å². The molecule has 0 aliphatic carbocycles. The number of benzene rings is 1. The van der Waals surface area contributed by atoms with E-state index in [2.05, 4.69) is 28.6 Å². The molecule has 1 aromatic carbocycles. The third kappa shape index (κ3) is 1.14. The highest BCUT2D eigenvalue weighted by Crippen LogP contribution is 2.20. The summed E-state index contributed by atoms with van der Waals surface area (Å²) in [5.74, 6) is 0. The van der Waals surface area contributed by atoms with Crippen molar-refractivity contribution in [3.8, 4) is 0 Å². The standard InChI is InChI=1S/C9H12N4/c1-6-4-7(10-2)5-8-9(6)13(3)12-11-8/h4-5,10H,1-3H3. The lowest BCUT2D eigenvalue weighted by Crippen LogP contribution is -1.93. The Kier molecular flexibility index (Phi) is 1.69. The molecule has 0 saturated heterocycles. The van der Waals surface area contributed by atoms with E-state index in [1.165, 1.54) is 5.56 Å². The molecule has 4 heteroatoms. The predicted octanol–water partition coefficient (Wildman–Crippen LogP) is 1.32. The molecular formula is C9H12N4. The second kappa shape index (κ2) is 2.73. The van der Waals surface area contributed by atoms with Crippen LogP contribution in [0.2, 0.25) is 0 Å². The van der Waals surface area contributed by atoms with Crippen LogP contribution in [0.5, 0.6) is 0 Å². The number of aryl methyl sites for hydroxylation is 2. The number of nitrogens with one attached hydrogen (secondary N) is 1. The normalized spacial score (nSPS) is 10.7. The van der Waals surface area contributed by atoms with E-state index in [-0.39, 0.29) is 0 Å². The van der Waals surface area contributed by atoms with E-state index in [0.29, 0.717) is 0 Å². The number of rotatable bonds is 1. The van der Waals surface area contributed by atoms with Crippen LogP contribution in [-0.2, 0) is 7.05 Å². The number of fused-ring (bicyclic) bond motifs is 1. The van der Waals surface area contributed by atoms with Crippen molar-refractivity contribution in [3.63, 3.8) is 0 Å². The van der Waals surface area contributed by atoms with Crippen molar-refractivity contribution in [2.75, 3.05) is 12.4 Å². The van der Waals surface area contributed by atoms with Crippen LogP contribution < -0.4 is 5.32 Å². The largest absolute Gasteiger partial charge is 0.388 e. The minimum absolute atomic E-state index is 0.937. The molecule has 0 amide bonds. The number of anilines is 1. The zero-order valence-corrected chi connectivity index (χ0v) is 8.00. The van der Waals surface area contributed by atoms with Crippen LogP contribution >= 0.6 is 0 Å². The molecule has 0 bridgehead atoms. The second-order valence-electron chi connectivity index (χ2n) is 3.12. The molecule has 2 aromatic rings. The summed E-state index contributed by atoms with van der Waals surface area (Å²) in [7, 11) is 3.80. The minimum atomic E-state index is 0.937. The Morgan fingerprint density at radius 1 is 1.38 bits per heavy atom. The van der Waals surface area contributed by atoms with Crippen LogP contribution in [0, 0.1) is 6.92 Å². The van der Waals surface area contributed by atoms with Gasteiger partial charge in [0.2, 0.25) is 0 Å². The molecule has 0 saturated carbocycles. The van der Waals surface area contributed by atoms with Gasteiger partial charge in [0.05, 0.1) is 5.52 Å². The zero-order valence-electron chi connectivity index (χ0n) is 8.00. The molecule has 2 rings (SSSR count). The van der Waals surface area contributed by atoms with E-state index in [0.717, 1.165) is 16.7 Å². The summed E-state index contributed by atoms with van der Waals surface area (Å²) in [5, 5.41) is 11.1. The van der Waals surface area contributed by atoms with Gasteiger partial charge in [-0.05, 0) is 24.6 Å². The molecule has 13 heavy (non-hydrogen) atoms. The Morgan fingerprint density at radius 3 is 2.85 bits per heavy atom. The second-order valence-corrected chi connectivity index (χ2v) is 3.12. The summed E-state index contributed by atoms with van der Waals surface area (Å²) < 4.78 is 1.80. The van der Waals surface area contributed by atoms with Crippen LogP contribution in [0.1, 0.15) is 5.56 Å². The molecular weight excluding hydrogens is 164 g/mol. The van der Waals surface area contributed by atoms with Gasteiger partial charge in [-0.15, -0.1) is 5.10 Å². The van der Waals surface area contributed by atoms with Crippen molar-refractivity contribution < 1.29 is 0 Å². The Balaban J connectivity index is 2.79. The summed E-state index contributed by atoms with van der Waals surface area (Å²) in [6.45, 7) is 2.06. The molecule has 68 valence electrons. The quantitative estimate of drug-likeness (QED) is 0.712. The van der Waals surface area contributed by atoms with E-state index in [9.17, 15) is 0 Å². The Hall–Kier alpha value is -1.58. The maximum absolute atomic E-state index is 4.06. The minimum Gasteiger partial charge on any atom is -0.388 e. The third-order valence-corrected chi connectivity index (χ3v) is 2.18. The topological polar surface area (TPSA) is 42.7 Å². The molecule has 0 aliphatic heterocycles. The molecule has 0 radical (unpaired) electrons. The first-order valence-electron chi connectivity index (χ1n) is 4.20. The van der Waals surface area contributed by atoms with Gasteiger partial charge in [-0.2, -0.15) is 0 Å². The summed E-state index contributed by atoms with van der Waals surface area (Å²) in [5.41, 5.74) is 4.30. The third-order valence-electron chi connectivity index (χ3n) is 2.18. The molecule has 1 heterocycles. The molecule has 0 aliphatic rings. The lowest BCUT2D eigenvalue weighted by Gasteiger charge is -2.02. The van der Waals surface area contributed by atoms with E-state index < -0.39 is 0 Å². The fourth-order valence-electron chi connectivity index (χ4n) is 1.56. The van der Waals surface area contributed by atoms with E-state index in [1.54, 1.807) is 4.68 Å². The summed E-state index contributed by atoms with van der Waals surface area (Å²) in [6.07, 6.45) is 0. The van der Waals surface area contributed by atoms with Crippen LogP contribution in [0.25, 0.3) is 11.0 Å². The Bertz CT molecular complexity index is 444. The highest BCUT2D eigenvalue weighted by molar-refractivity contribution is 5.82. The van der Waals surface area contributed by atoms with Crippen LogP contribution in [0.3, 0.4) is 0 Å². The average Bonchev–Trinajstić information content (AvgIpc) is 2.48. The van der Waals surface area contributed by atoms with Crippen LogP contribution in [0.4, 0.5) is 5.69 Å². The number of hydrogen-bond acceptors (Lipinski definition) is 3. The summed E-state index contributed by atoms with van der Waals surface area (Å²) in [4.78, 5) is 0. The van der Waals surface area contributed by atoms with Gasteiger partial charge in [0.15, 0.2) is 0 Å². The molecule has 0 fully saturated rings. The first-order chi connectivity index (χ1) is 6.22. The maximum Gasteiger partial charge on any atom is 0.115 e. The summed E-state index contributed by atoms with van der Waals surface area (Å²) >= 11 is 0. The van der Waals surface area contributed by atoms with Gasteiger partial charge in [-0.25, -0.2) is 4.68 Å². The smallest absolute Gasteiger partial charge is 0.115 e. The van der Waals surface area contributed by atoms with Gasteiger partial charge >= 0.3 is 0 Å². The summed E-state index contributed by atoms with van der Waals surface area (Å²) in [6, 6.07) is 4.08. The average molecular weight is 176 g/mol. The van der Waals surface area contributed by atoms with Crippen LogP contribution in [0.15, 0.2) is 12.1 Å². The van der Waals surface area contributed by atoms with E-state index in [1.807, 2.05) is 20.2 Å². The predicted molar refractivity (Wildman–Crippen MR) is 52.8 cm³/mol. The van der Waals surface area contributed by atoms with E-state index in [4.69, 9.17) is 0 Å². The molecule has 0 unspecified atom stereocenters. The fraction of sp³-hybridized carbons (Fsp3) is 0.333. The zero-order chi connectivity index (χ0) is 9.42. The molecule has 1 aromatic heterocycles. The monoisotopic (exact) mass is 176 g/mol. The van der Waals surface area contributed by atoms with Crippen molar-refractivity contribution in [2.24, 2.45) is 7.05 Å². The Labute approximate surface area is 76.6 Å². The van der Waals surface area contributed by atoms with Crippen molar-refractivity contribution in [2.45, 2.75) is 6.92 Å². The molecule has 1 N–H and O–H groups in total. The van der Waals surface area contributed by atoms with Gasteiger partial charge in [0, 0.05) is 19.8 Å². The lowest BCUT2D eigenvalue weighted by molar-refractivity contribution is 0.735. The lowest BCUT2D eigenvalue weighted by atomic mass is 10.2. The van der Waals surface area contributed by atoms with Crippen molar-refractivity contribution in [3.05, 3.63) is 17.7 Å². The van der Waals surface area contributed by atoms with Gasteiger partial charge in [-0.3, -0.25) is 0 Å². The highest BCUT2D eigenvalue weighted by atomic mass is 15.4. The van der Waals surface area contributed by atoms with Crippen molar-refractivity contribution >= 4 is 16.7 Å². The van der Waals surface area contributed by atoms with Gasteiger partial charge in [0.25, 0.3) is 0 Å². The number of hydrogen-bond donors (Lipinski definition) is 1. The highest BCUT2D eigenvalue weighted by Gasteiger charge is 2.05. The van der Waals surface area contributed by atoms with E-state index >= 15 is 0 Å². The molecule has 4 nitrogen and oxygen atoms in total. The first-order valence-corrected chi connectivity index (χ1v) is 4.20. The number of nitrogens with zero attached hydrogens (tertiary/aromatic N) is 3. The molecule has 0 atom stereocenters. The van der Waals surface area contributed by atoms with Gasteiger partial charge in [0.1, 0.15) is 5.52 Å². The van der Waals surface area contributed by atoms with Crippen molar-refractivity contribution in [1.29, 1.82) is 0 Å². The van der Waals surface area contributed by atoms with Gasteiger partial charge in [-0.1, -0.05) is 5.21 Å². The fourth-order valence-corrected chi connectivity index (χ4v) is 1.56. The maximum atomic E-state index is 4.06. The molecule has 0 spiro atoms. The van der Waals surface area contributed by atoms with Crippen LogP contribution in [-0.4, -0.2) is 22.0 Å². The SMILES string of the molecule is CNc1cc(C)c2c(c1)nnn2C. The number of aromatic nitrogens is 3. The van der Waals surface area contributed by atoms with Gasteiger partial charge < -0.3 is 5.32 Å². The first kappa shape index (κ1) is 8.04. The Morgan fingerprint density at radius 2 is 2.15 bits per heavy atom.